The molecule has 0 saturated carbocycles. The van der Waals surface area contributed by atoms with E-state index in [1.807, 2.05) is 24.3 Å². The van der Waals surface area contributed by atoms with Crippen LogP contribution in [0.3, 0.4) is 0 Å². The fourth-order valence-electron chi connectivity index (χ4n) is 3.77. The summed E-state index contributed by atoms with van der Waals surface area (Å²) < 4.78 is 10.6. The second kappa shape index (κ2) is 10.0. The minimum atomic E-state index is -0.622. The van der Waals surface area contributed by atoms with Gasteiger partial charge in [-0.05, 0) is 53.1 Å². The summed E-state index contributed by atoms with van der Waals surface area (Å²) in [6.45, 7) is 0.412. The topological polar surface area (TPSA) is 119 Å². The minimum Gasteiger partial charge on any atom is -0.493 e. The van der Waals surface area contributed by atoms with E-state index >= 15 is 0 Å². The Labute approximate surface area is 200 Å². The van der Waals surface area contributed by atoms with Crippen molar-refractivity contribution in [3.63, 3.8) is 0 Å². The van der Waals surface area contributed by atoms with Crippen molar-refractivity contribution in [3.8, 4) is 11.5 Å². The monoisotopic (exact) mass is 481 g/mol. The van der Waals surface area contributed by atoms with Gasteiger partial charge in [0, 0.05) is 13.1 Å². The fourth-order valence-corrected chi connectivity index (χ4v) is 4.61. The molecule has 2 aromatic rings. The Kier molecular flexibility index (Phi) is 6.87. The van der Waals surface area contributed by atoms with Crippen LogP contribution in [-0.2, 0) is 27.3 Å². The molecule has 0 atom stereocenters. The van der Waals surface area contributed by atoms with Crippen molar-refractivity contribution in [3.05, 3.63) is 64.1 Å². The van der Waals surface area contributed by atoms with Gasteiger partial charge in [0.2, 0.25) is 5.91 Å². The molecule has 176 valence electrons. The van der Waals surface area contributed by atoms with Crippen molar-refractivity contribution in [1.82, 2.24) is 9.80 Å². The standard InChI is InChI=1S/C24H23N3O6S/c1-32-19-10-15(6-7-18(19)33-14-21(25)28)11-20-23(30)27(24(31)34-20)13-22(29)26-9-8-16-4-2-3-5-17(16)12-26/h2-7,10-11H,8-9,12-14H2,1H3,(H2,25,28)/b20-11-. The predicted octanol–water partition coefficient (Wildman–Crippen LogP) is 2.18. The molecule has 0 aromatic heterocycles. The van der Waals surface area contributed by atoms with Gasteiger partial charge in [0.1, 0.15) is 6.54 Å². The largest absolute Gasteiger partial charge is 0.493 e. The zero-order chi connectivity index (χ0) is 24.2. The molecule has 2 heterocycles. The highest BCUT2D eigenvalue weighted by atomic mass is 32.2. The molecule has 4 amide bonds. The van der Waals surface area contributed by atoms with Crippen LogP contribution < -0.4 is 15.2 Å². The van der Waals surface area contributed by atoms with Gasteiger partial charge in [0.25, 0.3) is 17.1 Å². The van der Waals surface area contributed by atoms with Gasteiger partial charge in [-0.2, -0.15) is 0 Å². The number of amides is 4. The lowest BCUT2D eigenvalue weighted by atomic mass is 10.00. The van der Waals surface area contributed by atoms with Crippen LogP contribution in [0.25, 0.3) is 6.08 Å². The molecule has 0 aliphatic carbocycles. The first-order valence-electron chi connectivity index (χ1n) is 10.5. The molecular formula is C24H23N3O6S. The van der Waals surface area contributed by atoms with Crippen molar-refractivity contribution in [1.29, 1.82) is 0 Å². The van der Waals surface area contributed by atoms with Gasteiger partial charge in [-0.15, -0.1) is 0 Å². The molecule has 2 aliphatic heterocycles. The van der Waals surface area contributed by atoms with Gasteiger partial charge in [-0.3, -0.25) is 24.1 Å². The van der Waals surface area contributed by atoms with Crippen LogP contribution >= 0.6 is 11.8 Å². The third kappa shape index (κ3) is 5.07. The number of nitrogens with zero attached hydrogens (tertiary/aromatic N) is 2. The summed E-state index contributed by atoms with van der Waals surface area (Å²) in [6.07, 6.45) is 2.29. The SMILES string of the molecule is COc1cc(/C=C2\SC(=O)N(CC(=O)N3CCc4ccccc4C3)C2=O)ccc1OCC(N)=O. The van der Waals surface area contributed by atoms with Crippen molar-refractivity contribution < 1.29 is 28.7 Å². The smallest absolute Gasteiger partial charge is 0.294 e. The van der Waals surface area contributed by atoms with Crippen LogP contribution in [0.15, 0.2) is 47.4 Å². The van der Waals surface area contributed by atoms with Gasteiger partial charge in [0.05, 0.1) is 12.0 Å². The van der Waals surface area contributed by atoms with Crippen molar-refractivity contribution >= 4 is 40.8 Å². The molecule has 2 N–H and O–H groups in total. The Bertz CT molecular complexity index is 1190. The lowest BCUT2D eigenvalue weighted by molar-refractivity contribution is -0.136. The number of carbonyl (C=O) groups excluding carboxylic acids is 4. The lowest BCUT2D eigenvalue weighted by Crippen LogP contribution is -2.44. The first-order chi connectivity index (χ1) is 16.4. The zero-order valence-electron chi connectivity index (χ0n) is 18.5. The summed E-state index contributed by atoms with van der Waals surface area (Å²) in [6, 6.07) is 12.8. The van der Waals surface area contributed by atoms with Crippen LogP contribution in [-0.4, -0.2) is 59.6 Å². The normalized spacial score (nSPS) is 16.6. The maximum absolute atomic E-state index is 12.9. The maximum atomic E-state index is 12.9. The Hall–Kier alpha value is -3.79. The highest BCUT2D eigenvalue weighted by Crippen LogP contribution is 2.34. The van der Waals surface area contributed by atoms with Crippen LogP contribution in [0.1, 0.15) is 16.7 Å². The third-order valence-corrected chi connectivity index (χ3v) is 6.41. The van der Waals surface area contributed by atoms with E-state index in [0.29, 0.717) is 30.2 Å². The number of imide groups is 1. The number of primary amides is 1. The van der Waals surface area contributed by atoms with E-state index in [2.05, 4.69) is 0 Å². The Morgan fingerprint density at radius 2 is 1.88 bits per heavy atom. The maximum Gasteiger partial charge on any atom is 0.294 e. The minimum absolute atomic E-state index is 0.203. The number of nitrogens with two attached hydrogens (primary N) is 1. The summed E-state index contributed by atoms with van der Waals surface area (Å²) >= 11 is 0.780. The molecule has 2 aromatic carbocycles. The van der Waals surface area contributed by atoms with Gasteiger partial charge >= 0.3 is 0 Å². The van der Waals surface area contributed by atoms with Gasteiger partial charge in [-0.25, -0.2) is 0 Å². The van der Waals surface area contributed by atoms with E-state index in [9.17, 15) is 19.2 Å². The molecule has 34 heavy (non-hydrogen) atoms. The second-order valence-corrected chi connectivity index (χ2v) is 8.76. The molecule has 0 bridgehead atoms. The van der Waals surface area contributed by atoms with Crippen LogP contribution in [0.5, 0.6) is 11.5 Å². The number of rotatable bonds is 7. The predicted molar refractivity (Wildman–Crippen MR) is 126 cm³/mol. The van der Waals surface area contributed by atoms with Gasteiger partial charge < -0.3 is 20.1 Å². The molecule has 1 saturated heterocycles. The first kappa shape index (κ1) is 23.4. The Morgan fingerprint density at radius 3 is 2.62 bits per heavy atom. The lowest BCUT2D eigenvalue weighted by Gasteiger charge is -2.29. The fraction of sp³-hybridized carbons (Fsp3) is 0.250. The van der Waals surface area contributed by atoms with Crippen molar-refractivity contribution in [2.45, 2.75) is 13.0 Å². The number of carbonyl (C=O) groups is 4. The summed E-state index contributed by atoms with van der Waals surface area (Å²) in [5, 5.41) is -0.490. The van der Waals surface area contributed by atoms with Gasteiger partial charge in [0.15, 0.2) is 18.1 Å². The average Bonchev–Trinajstić information content (AvgIpc) is 3.09. The third-order valence-electron chi connectivity index (χ3n) is 5.51. The highest BCUT2D eigenvalue weighted by molar-refractivity contribution is 8.18. The number of ether oxygens (including phenoxy) is 2. The second-order valence-electron chi connectivity index (χ2n) is 7.77. The molecular weight excluding hydrogens is 458 g/mol. The van der Waals surface area contributed by atoms with E-state index in [4.69, 9.17) is 15.2 Å². The first-order valence-corrected chi connectivity index (χ1v) is 11.4. The molecule has 4 rings (SSSR count). The summed E-state index contributed by atoms with van der Waals surface area (Å²) in [5.41, 5.74) is 7.97. The Balaban J connectivity index is 1.44. The van der Waals surface area contributed by atoms with Crippen molar-refractivity contribution in [2.24, 2.45) is 5.73 Å². The van der Waals surface area contributed by atoms with E-state index in [1.165, 1.54) is 12.7 Å². The molecule has 0 unspecified atom stereocenters. The highest BCUT2D eigenvalue weighted by Gasteiger charge is 2.37. The average molecular weight is 482 g/mol. The molecule has 0 spiro atoms. The van der Waals surface area contributed by atoms with Crippen LogP contribution in [0.4, 0.5) is 4.79 Å². The molecule has 10 heteroatoms. The summed E-state index contributed by atoms with van der Waals surface area (Å²) in [7, 11) is 1.44. The number of benzene rings is 2. The molecule has 0 radical (unpaired) electrons. The van der Waals surface area contributed by atoms with Crippen LogP contribution in [0, 0.1) is 0 Å². The van der Waals surface area contributed by atoms with Crippen LogP contribution in [0.2, 0.25) is 0 Å². The van der Waals surface area contributed by atoms with E-state index in [0.717, 1.165) is 28.6 Å². The van der Waals surface area contributed by atoms with Gasteiger partial charge in [-0.1, -0.05) is 30.3 Å². The van der Waals surface area contributed by atoms with E-state index in [1.54, 1.807) is 29.2 Å². The number of hydrogen-bond donors (Lipinski definition) is 1. The Morgan fingerprint density at radius 1 is 1.12 bits per heavy atom. The van der Waals surface area contributed by atoms with Crippen molar-refractivity contribution in [2.75, 3.05) is 26.8 Å². The summed E-state index contributed by atoms with van der Waals surface area (Å²) in [5.74, 6) is -0.748. The zero-order valence-corrected chi connectivity index (χ0v) is 19.3. The summed E-state index contributed by atoms with van der Waals surface area (Å²) in [4.78, 5) is 52.0. The number of fused-ring (bicyclic) bond motifs is 1. The number of methoxy groups -OCH3 is 1. The molecule has 2 aliphatic rings. The molecule has 1 fully saturated rings. The number of thioether (sulfide) groups is 1. The number of hydrogen-bond acceptors (Lipinski definition) is 7. The van der Waals surface area contributed by atoms with E-state index < -0.39 is 17.1 Å². The van der Waals surface area contributed by atoms with E-state index in [-0.39, 0.29) is 24.0 Å². The quantitative estimate of drug-likeness (QED) is 0.602. The molecule has 9 nitrogen and oxygen atoms in total.